The maximum atomic E-state index is 12.2. The van der Waals surface area contributed by atoms with Crippen LogP contribution in [0, 0.1) is 0 Å². The fourth-order valence-electron chi connectivity index (χ4n) is 2.00. The quantitative estimate of drug-likeness (QED) is 0.689. The molecule has 0 bridgehead atoms. The molecule has 0 saturated heterocycles. The summed E-state index contributed by atoms with van der Waals surface area (Å²) < 4.78 is 10.6. The van der Waals surface area contributed by atoms with E-state index >= 15 is 0 Å². The highest BCUT2D eigenvalue weighted by Gasteiger charge is 2.21. The van der Waals surface area contributed by atoms with Crippen LogP contribution < -0.4 is 15.8 Å². The summed E-state index contributed by atoms with van der Waals surface area (Å²) in [6.45, 7) is 4.04. The smallest absolute Gasteiger partial charge is 0.338 e. The van der Waals surface area contributed by atoms with E-state index in [1.807, 2.05) is 6.92 Å². The van der Waals surface area contributed by atoms with Gasteiger partial charge in [0.1, 0.15) is 10.8 Å². The number of esters is 1. The van der Waals surface area contributed by atoms with Gasteiger partial charge >= 0.3 is 5.97 Å². The fourth-order valence-corrected chi connectivity index (χ4v) is 2.80. The van der Waals surface area contributed by atoms with Gasteiger partial charge in [-0.3, -0.25) is 9.59 Å². The molecule has 0 radical (unpaired) electrons. The lowest BCUT2D eigenvalue weighted by Crippen LogP contribution is -2.30. The van der Waals surface area contributed by atoms with Gasteiger partial charge in [-0.15, -0.1) is 11.3 Å². The second-order valence-electron chi connectivity index (χ2n) is 5.44. The molecule has 0 aliphatic carbocycles. The first-order valence-electron chi connectivity index (χ1n) is 8.04. The Morgan fingerprint density at radius 3 is 2.50 bits per heavy atom. The molecule has 0 unspecified atom stereocenters. The third-order valence-corrected chi connectivity index (χ3v) is 4.21. The van der Waals surface area contributed by atoms with Gasteiger partial charge in [-0.25, -0.2) is 4.79 Å². The van der Waals surface area contributed by atoms with Crippen LogP contribution >= 0.6 is 11.3 Å². The topological polar surface area (TPSA) is 108 Å². The van der Waals surface area contributed by atoms with E-state index in [1.165, 1.54) is 13.0 Å². The monoisotopic (exact) mass is 376 g/mol. The van der Waals surface area contributed by atoms with Gasteiger partial charge in [0.05, 0.1) is 17.7 Å². The minimum Gasteiger partial charge on any atom is -0.494 e. The zero-order chi connectivity index (χ0) is 19.1. The number of rotatable bonds is 8. The van der Waals surface area contributed by atoms with E-state index in [0.717, 1.165) is 17.8 Å². The van der Waals surface area contributed by atoms with E-state index < -0.39 is 23.9 Å². The van der Waals surface area contributed by atoms with E-state index in [4.69, 9.17) is 15.2 Å². The van der Waals surface area contributed by atoms with Gasteiger partial charge in [0, 0.05) is 0 Å². The summed E-state index contributed by atoms with van der Waals surface area (Å²) in [6, 6.07) is 8.00. The number of anilines is 1. The van der Waals surface area contributed by atoms with E-state index in [1.54, 1.807) is 29.6 Å². The molecule has 8 heteroatoms. The number of nitrogens with two attached hydrogens (primary N) is 1. The second-order valence-corrected chi connectivity index (χ2v) is 6.35. The van der Waals surface area contributed by atoms with Crippen molar-refractivity contribution in [2.24, 2.45) is 5.73 Å². The molecule has 0 saturated carbocycles. The predicted molar refractivity (Wildman–Crippen MR) is 98.6 cm³/mol. The maximum absolute atomic E-state index is 12.2. The molecule has 0 fully saturated rings. The van der Waals surface area contributed by atoms with Crippen LogP contribution in [0.3, 0.4) is 0 Å². The SMILES string of the molecule is CCCOc1ccc(C(=O)O[C@H](C)C(=O)Nc2sccc2C(N)=O)cc1. The summed E-state index contributed by atoms with van der Waals surface area (Å²) >= 11 is 1.16. The number of benzene rings is 1. The molecule has 0 aliphatic heterocycles. The summed E-state index contributed by atoms with van der Waals surface area (Å²) in [4.78, 5) is 35.6. The average Bonchev–Trinajstić information content (AvgIpc) is 3.08. The van der Waals surface area contributed by atoms with Crippen molar-refractivity contribution in [3.8, 4) is 5.75 Å². The Hall–Kier alpha value is -2.87. The van der Waals surface area contributed by atoms with Crippen molar-refractivity contribution in [1.82, 2.24) is 0 Å². The molecule has 3 N–H and O–H groups in total. The first-order valence-corrected chi connectivity index (χ1v) is 8.92. The van der Waals surface area contributed by atoms with Crippen molar-refractivity contribution in [2.75, 3.05) is 11.9 Å². The molecule has 2 rings (SSSR count). The molecule has 1 atom stereocenters. The van der Waals surface area contributed by atoms with E-state index in [2.05, 4.69) is 5.32 Å². The van der Waals surface area contributed by atoms with Crippen LogP contribution in [0.4, 0.5) is 5.00 Å². The van der Waals surface area contributed by atoms with Gasteiger partial charge < -0.3 is 20.5 Å². The standard InChI is InChI=1S/C18H20N2O5S/c1-3-9-24-13-6-4-12(5-7-13)18(23)25-11(2)16(22)20-17-14(15(19)21)8-10-26-17/h4-8,10-11H,3,9H2,1-2H3,(H2,19,21)(H,20,22)/t11-/m1/s1. The van der Waals surface area contributed by atoms with Gasteiger partial charge in [0.2, 0.25) is 0 Å². The maximum Gasteiger partial charge on any atom is 0.338 e. The molecule has 2 amide bonds. The van der Waals surface area contributed by atoms with Crippen molar-refractivity contribution in [3.63, 3.8) is 0 Å². The minimum atomic E-state index is -1.04. The number of carbonyl (C=O) groups is 3. The van der Waals surface area contributed by atoms with Crippen LogP contribution in [0.5, 0.6) is 5.75 Å². The van der Waals surface area contributed by atoms with Crippen molar-refractivity contribution in [3.05, 3.63) is 46.8 Å². The van der Waals surface area contributed by atoms with E-state index in [0.29, 0.717) is 22.9 Å². The van der Waals surface area contributed by atoms with Crippen LogP contribution in [-0.2, 0) is 9.53 Å². The lowest BCUT2D eigenvalue weighted by atomic mass is 10.2. The number of amides is 2. The van der Waals surface area contributed by atoms with E-state index in [-0.39, 0.29) is 5.56 Å². The Labute approximate surface area is 155 Å². The summed E-state index contributed by atoms with van der Waals surface area (Å²) in [5.41, 5.74) is 5.75. The minimum absolute atomic E-state index is 0.213. The number of thiophene rings is 1. The van der Waals surface area contributed by atoms with Crippen LogP contribution in [0.1, 0.15) is 41.0 Å². The molecule has 1 heterocycles. The molecule has 26 heavy (non-hydrogen) atoms. The number of ether oxygens (including phenoxy) is 2. The number of carbonyl (C=O) groups excluding carboxylic acids is 3. The highest BCUT2D eigenvalue weighted by Crippen LogP contribution is 2.23. The first-order chi connectivity index (χ1) is 12.4. The molecule has 0 spiro atoms. The van der Waals surface area contributed by atoms with Crippen LogP contribution in [0.15, 0.2) is 35.7 Å². The average molecular weight is 376 g/mol. The zero-order valence-corrected chi connectivity index (χ0v) is 15.3. The predicted octanol–water partition coefficient (Wildman–Crippen LogP) is 2.82. The van der Waals surface area contributed by atoms with Crippen molar-refractivity contribution >= 4 is 34.1 Å². The molecule has 1 aromatic carbocycles. The molecule has 138 valence electrons. The van der Waals surface area contributed by atoms with Crippen molar-refractivity contribution in [1.29, 1.82) is 0 Å². The third-order valence-electron chi connectivity index (χ3n) is 3.38. The number of primary amides is 1. The van der Waals surface area contributed by atoms with Crippen LogP contribution in [0.25, 0.3) is 0 Å². The fraction of sp³-hybridized carbons (Fsp3) is 0.278. The van der Waals surface area contributed by atoms with Crippen LogP contribution in [0.2, 0.25) is 0 Å². The van der Waals surface area contributed by atoms with Gasteiger partial charge in [-0.1, -0.05) is 6.92 Å². The lowest BCUT2D eigenvalue weighted by Gasteiger charge is -2.13. The summed E-state index contributed by atoms with van der Waals surface area (Å²) in [7, 11) is 0. The van der Waals surface area contributed by atoms with Gasteiger partial charge in [-0.05, 0) is 49.1 Å². The Kier molecular flexibility index (Phi) is 6.74. The van der Waals surface area contributed by atoms with Crippen molar-refractivity contribution in [2.45, 2.75) is 26.4 Å². The largest absolute Gasteiger partial charge is 0.494 e. The number of nitrogens with one attached hydrogen (secondary N) is 1. The summed E-state index contributed by atoms with van der Waals surface area (Å²) in [5, 5.41) is 4.50. The van der Waals surface area contributed by atoms with E-state index in [9.17, 15) is 14.4 Å². The molecular weight excluding hydrogens is 356 g/mol. The Morgan fingerprint density at radius 2 is 1.88 bits per heavy atom. The molecular formula is C18H20N2O5S. The zero-order valence-electron chi connectivity index (χ0n) is 14.5. The number of hydrogen-bond donors (Lipinski definition) is 2. The van der Waals surface area contributed by atoms with Crippen LogP contribution in [-0.4, -0.2) is 30.5 Å². The first kappa shape index (κ1) is 19.5. The summed E-state index contributed by atoms with van der Waals surface area (Å²) in [6.07, 6.45) is -0.153. The van der Waals surface area contributed by atoms with Gasteiger partial charge in [0.25, 0.3) is 11.8 Å². The Morgan fingerprint density at radius 1 is 1.19 bits per heavy atom. The molecule has 7 nitrogen and oxygen atoms in total. The highest BCUT2D eigenvalue weighted by atomic mass is 32.1. The lowest BCUT2D eigenvalue weighted by molar-refractivity contribution is -0.123. The third kappa shape index (κ3) is 5.06. The highest BCUT2D eigenvalue weighted by molar-refractivity contribution is 7.14. The summed E-state index contributed by atoms with van der Waals surface area (Å²) in [5.74, 6) is -1.16. The Bertz CT molecular complexity index is 785. The normalized spacial score (nSPS) is 11.5. The second kappa shape index (κ2) is 9.00. The Balaban J connectivity index is 1.94. The molecule has 1 aromatic heterocycles. The van der Waals surface area contributed by atoms with Gasteiger partial charge in [0.15, 0.2) is 6.10 Å². The number of hydrogen-bond acceptors (Lipinski definition) is 6. The molecule has 2 aromatic rings. The van der Waals surface area contributed by atoms with Crippen molar-refractivity contribution < 1.29 is 23.9 Å². The van der Waals surface area contributed by atoms with Gasteiger partial charge in [-0.2, -0.15) is 0 Å². The molecule has 0 aliphatic rings.